The number of fused-ring (bicyclic) bond motifs is 6. The first-order valence-electron chi connectivity index (χ1n) is 21.2. The Bertz CT molecular complexity index is 3590. The van der Waals surface area contributed by atoms with E-state index in [1.54, 1.807) is 0 Å². The summed E-state index contributed by atoms with van der Waals surface area (Å²) in [6, 6.07) is 46.7. The highest BCUT2D eigenvalue weighted by Crippen LogP contribution is 2.40. The van der Waals surface area contributed by atoms with Crippen molar-refractivity contribution in [2.45, 2.75) is 0 Å². The van der Waals surface area contributed by atoms with Crippen molar-refractivity contribution in [2.24, 2.45) is 0 Å². The van der Waals surface area contributed by atoms with E-state index in [0.717, 1.165) is 33.0 Å². The lowest BCUT2D eigenvalue weighted by Crippen LogP contribution is -2.00. The van der Waals surface area contributed by atoms with Crippen LogP contribution in [-0.4, -0.2) is 15.0 Å². The fourth-order valence-corrected chi connectivity index (χ4v) is 7.36. The number of furan rings is 2. The molecule has 0 bridgehead atoms. The summed E-state index contributed by atoms with van der Waals surface area (Å²) in [5.41, 5.74) is 7.01. The zero-order valence-corrected chi connectivity index (χ0v) is 29.6. The van der Waals surface area contributed by atoms with Crippen LogP contribution >= 0.6 is 0 Å². The standard InChI is InChI=1S/C51H31N3O2/c1-3-12-32(13-4-1)34-24-26-35(27-25-34)49-52-50(54-51(53-49)43-21-10-20-41-40-18-7-8-22-44(40)56-48(41)43)38-28-29-42-46(31-38)55-45-23-11-19-39(47(42)45)37-17-9-16-36(30-37)33-14-5-2-6-15-33/h1-31H/i11D,19D,23D,28D,29D,31D. The Labute approximate surface area is 330 Å². The second-order valence-electron chi connectivity index (χ2n) is 13.5. The minimum Gasteiger partial charge on any atom is -0.456 e. The molecule has 8 aromatic carbocycles. The Morgan fingerprint density at radius 1 is 0.375 bits per heavy atom. The second kappa shape index (κ2) is 13.0. The summed E-state index contributed by atoms with van der Waals surface area (Å²) < 4.78 is 68.3. The monoisotopic (exact) mass is 723 g/mol. The van der Waals surface area contributed by atoms with Gasteiger partial charge in [0.15, 0.2) is 17.5 Å². The molecule has 5 nitrogen and oxygen atoms in total. The first kappa shape index (κ1) is 26.2. The molecule has 0 unspecified atom stereocenters. The van der Waals surface area contributed by atoms with Crippen LogP contribution in [0.15, 0.2) is 197 Å². The number of aromatic nitrogens is 3. The Balaban J connectivity index is 1.15. The Morgan fingerprint density at radius 2 is 1.00 bits per heavy atom. The lowest BCUT2D eigenvalue weighted by molar-refractivity contribution is 0.668. The van der Waals surface area contributed by atoms with Gasteiger partial charge in [-0.05, 0) is 69.7 Å². The van der Waals surface area contributed by atoms with E-state index in [0.29, 0.717) is 27.9 Å². The smallest absolute Gasteiger partial charge is 0.167 e. The highest BCUT2D eigenvalue weighted by Gasteiger charge is 2.19. The largest absolute Gasteiger partial charge is 0.456 e. The minimum atomic E-state index is -0.356. The van der Waals surface area contributed by atoms with E-state index in [9.17, 15) is 4.11 Å². The normalized spacial score (nSPS) is 13.1. The van der Waals surface area contributed by atoms with E-state index in [2.05, 4.69) is 0 Å². The molecule has 0 radical (unpaired) electrons. The second-order valence-corrected chi connectivity index (χ2v) is 13.5. The molecule has 262 valence electrons. The van der Waals surface area contributed by atoms with Crippen molar-refractivity contribution in [3.05, 3.63) is 188 Å². The summed E-state index contributed by atoms with van der Waals surface area (Å²) in [7, 11) is 0. The maximum Gasteiger partial charge on any atom is 0.167 e. The SMILES string of the molecule is [2H]c1c([2H])c(-c2cccc(-c3ccccc3)c2)c2c(oc3c([2H])c(-c4nc(-c5ccc(-c6ccccc6)cc5)nc(-c5cccc6c5oc5ccccc56)n4)c([2H])c([2H])c32)c1[2H]. The van der Waals surface area contributed by atoms with E-state index >= 15 is 0 Å². The zero-order valence-electron chi connectivity index (χ0n) is 35.6. The van der Waals surface area contributed by atoms with Gasteiger partial charge in [-0.3, -0.25) is 0 Å². The molecule has 5 heteroatoms. The van der Waals surface area contributed by atoms with Crippen molar-refractivity contribution < 1.29 is 17.1 Å². The summed E-state index contributed by atoms with van der Waals surface area (Å²) >= 11 is 0. The Hall–Kier alpha value is -7.63. The summed E-state index contributed by atoms with van der Waals surface area (Å²) in [6.45, 7) is 0. The van der Waals surface area contributed by atoms with Crippen molar-refractivity contribution in [3.63, 3.8) is 0 Å². The number of hydrogen-bond donors (Lipinski definition) is 0. The van der Waals surface area contributed by atoms with Crippen molar-refractivity contribution in [3.8, 4) is 67.5 Å². The zero-order chi connectivity index (χ0) is 42.2. The van der Waals surface area contributed by atoms with Gasteiger partial charge in [0.2, 0.25) is 0 Å². The van der Waals surface area contributed by atoms with Gasteiger partial charge in [-0.25, -0.2) is 15.0 Å². The van der Waals surface area contributed by atoms with E-state index < -0.39 is 0 Å². The number of rotatable bonds is 6. The van der Waals surface area contributed by atoms with Gasteiger partial charge in [0.25, 0.3) is 0 Å². The average molecular weight is 724 g/mol. The molecule has 11 rings (SSSR count). The minimum absolute atomic E-state index is 0.0275. The Morgan fingerprint density at radius 3 is 1.82 bits per heavy atom. The van der Waals surface area contributed by atoms with E-state index in [1.807, 2.05) is 152 Å². The average Bonchev–Trinajstić information content (AvgIpc) is 3.91. The van der Waals surface area contributed by atoms with Crippen molar-refractivity contribution >= 4 is 43.9 Å². The van der Waals surface area contributed by atoms with E-state index in [1.165, 1.54) is 0 Å². The van der Waals surface area contributed by atoms with Gasteiger partial charge < -0.3 is 8.83 Å². The quantitative estimate of drug-likeness (QED) is 0.171. The van der Waals surface area contributed by atoms with Gasteiger partial charge in [-0.15, -0.1) is 0 Å². The van der Waals surface area contributed by atoms with Crippen molar-refractivity contribution in [1.82, 2.24) is 15.0 Å². The molecule has 0 aliphatic heterocycles. The first-order chi connectivity index (χ1) is 30.2. The van der Waals surface area contributed by atoms with Crippen LogP contribution in [0.4, 0.5) is 0 Å². The van der Waals surface area contributed by atoms with Crippen LogP contribution in [0.5, 0.6) is 0 Å². The van der Waals surface area contributed by atoms with Crippen molar-refractivity contribution in [2.75, 3.05) is 0 Å². The van der Waals surface area contributed by atoms with Gasteiger partial charge in [-0.2, -0.15) is 0 Å². The summed E-state index contributed by atoms with van der Waals surface area (Å²) in [5.74, 6) is 0.489. The predicted molar refractivity (Wildman–Crippen MR) is 227 cm³/mol. The van der Waals surface area contributed by atoms with Crippen LogP contribution < -0.4 is 0 Å². The predicted octanol–water partition coefficient (Wildman–Crippen LogP) is 13.7. The summed E-state index contributed by atoms with van der Waals surface area (Å²) in [5, 5.41) is 2.12. The van der Waals surface area contributed by atoms with Crippen LogP contribution in [0.1, 0.15) is 8.22 Å². The van der Waals surface area contributed by atoms with Gasteiger partial charge in [-0.1, -0.05) is 152 Å². The summed E-state index contributed by atoms with van der Waals surface area (Å²) in [6.07, 6.45) is 0. The molecule has 0 spiro atoms. The molecular formula is C51H31N3O2. The summed E-state index contributed by atoms with van der Waals surface area (Å²) in [4.78, 5) is 14.8. The van der Waals surface area contributed by atoms with E-state index in [4.69, 9.17) is 27.9 Å². The third-order valence-electron chi connectivity index (χ3n) is 10.1. The third-order valence-corrected chi connectivity index (χ3v) is 10.1. The number of benzene rings is 8. The van der Waals surface area contributed by atoms with Crippen LogP contribution in [0.2, 0.25) is 0 Å². The number of para-hydroxylation sites is 2. The van der Waals surface area contributed by atoms with Gasteiger partial charge in [0, 0.05) is 32.7 Å². The van der Waals surface area contributed by atoms with Crippen LogP contribution in [-0.2, 0) is 0 Å². The van der Waals surface area contributed by atoms with Crippen LogP contribution in [0.3, 0.4) is 0 Å². The fourth-order valence-electron chi connectivity index (χ4n) is 7.36. The lowest BCUT2D eigenvalue weighted by atomic mass is 9.96. The molecule has 0 N–H and O–H groups in total. The van der Waals surface area contributed by atoms with Gasteiger partial charge in [0.1, 0.15) is 22.3 Å². The van der Waals surface area contributed by atoms with E-state index in [-0.39, 0.29) is 86.8 Å². The highest BCUT2D eigenvalue weighted by molar-refractivity contribution is 6.13. The molecule has 0 atom stereocenters. The molecule has 0 saturated carbocycles. The first-order valence-corrected chi connectivity index (χ1v) is 18.2. The maximum atomic E-state index is 9.65. The maximum absolute atomic E-state index is 9.65. The molecule has 11 aromatic rings. The highest BCUT2D eigenvalue weighted by atomic mass is 16.3. The fraction of sp³-hybridized carbons (Fsp3) is 0. The molecule has 56 heavy (non-hydrogen) atoms. The molecule has 0 aliphatic carbocycles. The molecule has 3 aromatic heterocycles. The molecular weight excluding hydrogens is 687 g/mol. The number of hydrogen-bond acceptors (Lipinski definition) is 5. The molecule has 3 heterocycles. The van der Waals surface area contributed by atoms with Crippen LogP contribution in [0.25, 0.3) is 111 Å². The number of nitrogens with zero attached hydrogens (tertiary/aromatic N) is 3. The molecule has 0 saturated heterocycles. The van der Waals surface area contributed by atoms with Gasteiger partial charge >= 0.3 is 0 Å². The van der Waals surface area contributed by atoms with Crippen LogP contribution in [0, 0.1) is 0 Å². The lowest BCUT2D eigenvalue weighted by Gasteiger charge is -2.10. The molecule has 0 aliphatic rings. The third kappa shape index (κ3) is 5.45. The molecule has 0 amide bonds. The Kier molecular flexibility index (Phi) is 6.10. The molecule has 0 fully saturated rings. The topological polar surface area (TPSA) is 65.0 Å². The van der Waals surface area contributed by atoms with Gasteiger partial charge in [0.05, 0.1) is 13.8 Å². The van der Waals surface area contributed by atoms with Crippen molar-refractivity contribution in [1.29, 1.82) is 0 Å².